The molecule has 0 aliphatic carbocycles. The van der Waals surface area contributed by atoms with Gasteiger partial charge >= 0.3 is 0 Å². The van der Waals surface area contributed by atoms with Gasteiger partial charge in [-0.05, 0) is 5.56 Å². The van der Waals surface area contributed by atoms with E-state index in [2.05, 4.69) is 16.9 Å². The van der Waals surface area contributed by atoms with Gasteiger partial charge in [0.05, 0.1) is 6.67 Å². The van der Waals surface area contributed by atoms with Crippen LogP contribution in [0.2, 0.25) is 0 Å². The Morgan fingerprint density at radius 1 is 1.38 bits per heavy atom. The van der Waals surface area contributed by atoms with Crippen molar-refractivity contribution in [3.05, 3.63) is 58.9 Å². The maximum atomic E-state index is 12.4. The van der Waals surface area contributed by atoms with Crippen molar-refractivity contribution in [2.75, 3.05) is 22.6 Å². The monoisotopic (exact) mass is 283 g/mol. The minimum Gasteiger partial charge on any atom is -0.369 e. The van der Waals surface area contributed by atoms with E-state index in [1.165, 1.54) is 4.57 Å². The highest BCUT2D eigenvalue weighted by atomic mass is 16.1. The first-order valence-electron chi connectivity index (χ1n) is 6.74. The second kappa shape index (κ2) is 5.32. The molecular weight excluding hydrogens is 266 g/mol. The Morgan fingerprint density at radius 2 is 2.14 bits per heavy atom. The highest BCUT2D eigenvalue weighted by molar-refractivity contribution is 5.71. The fourth-order valence-corrected chi connectivity index (χ4v) is 2.43. The zero-order chi connectivity index (χ0) is 14.8. The molecule has 108 valence electrons. The Labute approximate surface area is 122 Å². The number of nitrogens with zero attached hydrogens (tertiary/aromatic N) is 3. The number of aromatic nitrogens is 2. The van der Waals surface area contributed by atoms with Gasteiger partial charge < -0.3 is 16.0 Å². The van der Waals surface area contributed by atoms with Crippen molar-refractivity contribution in [3.63, 3.8) is 0 Å². The summed E-state index contributed by atoms with van der Waals surface area (Å²) in [5.74, 6) is 0.821. The van der Waals surface area contributed by atoms with Crippen LogP contribution in [-0.4, -0.2) is 16.2 Å². The number of nitrogen functional groups attached to an aromatic ring is 1. The van der Waals surface area contributed by atoms with Crippen molar-refractivity contribution >= 4 is 17.5 Å². The van der Waals surface area contributed by atoms with E-state index in [1.54, 1.807) is 6.08 Å². The second-order valence-corrected chi connectivity index (χ2v) is 4.89. The third-order valence-corrected chi connectivity index (χ3v) is 3.45. The summed E-state index contributed by atoms with van der Waals surface area (Å²) in [5.41, 5.74) is 7.38. The van der Waals surface area contributed by atoms with Crippen molar-refractivity contribution in [2.24, 2.45) is 0 Å². The normalized spacial score (nSPS) is 12.9. The van der Waals surface area contributed by atoms with E-state index in [9.17, 15) is 4.79 Å². The maximum absolute atomic E-state index is 12.4. The fraction of sp³-hybridized carbons (Fsp3) is 0.200. The summed E-state index contributed by atoms with van der Waals surface area (Å²) in [4.78, 5) is 18.7. The molecule has 3 rings (SSSR count). The molecule has 6 heteroatoms. The molecule has 2 heterocycles. The lowest BCUT2D eigenvalue weighted by molar-refractivity contribution is 0.771. The molecule has 0 atom stereocenters. The number of nitrogens with one attached hydrogen (secondary N) is 1. The predicted molar refractivity (Wildman–Crippen MR) is 84.2 cm³/mol. The van der Waals surface area contributed by atoms with Crippen LogP contribution in [0.1, 0.15) is 5.56 Å². The number of hydrogen-bond donors (Lipinski definition) is 2. The molecule has 0 radical (unpaired) electrons. The summed E-state index contributed by atoms with van der Waals surface area (Å²) in [7, 11) is 0. The molecule has 0 spiro atoms. The molecule has 0 amide bonds. The quantitative estimate of drug-likeness (QED) is 0.830. The van der Waals surface area contributed by atoms with Crippen molar-refractivity contribution < 1.29 is 0 Å². The van der Waals surface area contributed by atoms with Gasteiger partial charge in [0.1, 0.15) is 5.69 Å². The largest absolute Gasteiger partial charge is 0.369 e. The molecule has 0 saturated heterocycles. The summed E-state index contributed by atoms with van der Waals surface area (Å²) in [6.45, 7) is 5.21. The van der Waals surface area contributed by atoms with Crippen LogP contribution in [-0.2, 0) is 13.1 Å². The first kappa shape index (κ1) is 13.2. The highest BCUT2D eigenvalue weighted by Gasteiger charge is 2.25. The van der Waals surface area contributed by atoms with Gasteiger partial charge in [0.15, 0.2) is 5.82 Å². The predicted octanol–water partition coefficient (Wildman–Crippen LogP) is 1.40. The Bertz CT molecular complexity index is 723. The van der Waals surface area contributed by atoms with E-state index in [1.807, 2.05) is 35.2 Å². The average Bonchev–Trinajstić information content (AvgIpc) is 2.88. The number of allylic oxidation sites excluding steroid dienone is 1. The van der Waals surface area contributed by atoms with Crippen LogP contribution in [0.15, 0.2) is 47.8 Å². The second-order valence-electron chi connectivity index (χ2n) is 4.89. The summed E-state index contributed by atoms with van der Waals surface area (Å²) in [6.07, 6.45) is 1.63. The Balaban J connectivity index is 1.96. The number of nitrogens with two attached hydrogens (primary N) is 1. The smallest absolute Gasteiger partial charge is 0.280 e. The molecule has 1 aliphatic rings. The van der Waals surface area contributed by atoms with E-state index in [0.717, 1.165) is 5.56 Å². The highest BCUT2D eigenvalue weighted by Crippen LogP contribution is 2.27. The topological polar surface area (TPSA) is 76.2 Å². The molecule has 0 saturated carbocycles. The van der Waals surface area contributed by atoms with Crippen LogP contribution >= 0.6 is 0 Å². The van der Waals surface area contributed by atoms with Gasteiger partial charge in [-0.15, -0.1) is 6.58 Å². The van der Waals surface area contributed by atoms with Crippen molar-refractivity contribution in [1.29, 1.82) is 0 Å². The Morgan fingerprint density at radius 3 is 2.86 bits per heavy atom. The number of hydrogen-bond acceptors (Lipinski definition) is 5. The molecule has 0 fully saturated rings. The van der Waals surface area contributed by atoms with Gasteiger partial charge in [0, 0.05) is 13.1 Å². The minimum absolute atomic E-state index is 0.159. The van der Waals surface area contributed by atoms with Crippen LogP contribution in [0.25, 0.3) is 0 Å². The maximum Gasteiger partial charge on any atom is 0.280 e. The molecule has 21 heavy (non-hydrogen) atoms. The standard InChI is InChI=1S/C15H17N5O/c1-2-8-20-14(21)12-13(18-15(20)16)19(10-17-12)9-11-6-4-3-5-7-11/h2-7,17H,1,8-10H2,(H2,16,18). The van der Waals surface area contributed by atoms with Crippen molar-refractivity contribution in [3.8, 4) is 0 Å². The summed E-state index contributed by atoms with van der Waals surface area (Å²) >= 11 is 0. The lowest BCUT2D eigenvalue weighted by Crippen LogP contribution is -2.26. The van der Waals surface area contributed by atoms with Crippen LogP contribution in [0, 0.1) is 0 Å². The SMILES string of the molecule is C=CCn1c(N)nc2c(c1=O)NCN2Cc1ccccc1. The molecule has 1 aliphatic heterocycles. The zero-order valence-electron chi connectivity index (χ0n) is 11.6. The van der Waals surface area contributed by atoms with Crippen molar-refractivity contribution in [1.82, 2.24) is 9.55 Å². The summed E-state index contributed by atoms with van der Waals surface area (Å²) < 4.78 is 1.41. The fourth-order valence-electron chi connectivity index (χ4n) is 2.43. The average molecular weight is 283 g/mol. The van der Waals surface area contributed by atoms with Gasteiger partial charge in [0.25, 0.3) is 5.56 Å². The third kappa shape index (κ3) is 2.35. The molecule has 1 aromatic heterocycles. The molecule has 6 nitrogen and oxygen atoms in total. The van der Waals surface area contributed by atoms with Crippen molar-refractivity contribution in [2.45, 2.75) is 13.1 Å². The van der Waals surface area contributed by atoms with E-state index in [0.29, 0.717) is 31.3 Å². The van der Waals surface area contributed by atoms with Crippen LogP contribution in [0.4, 0.5) is 17.5 Å². The van der Waals surface area contributed by atoms with Gasteiger partial charge in [-0.3, -0.25) is 9.36 Å². The summed E-state index contributed by atoms with van der Waals surface area (Å²) in [6, 6.07) is 10.0. The molecular formula is C15H17N5O. The van der Waals surface area contributed by atoms with Crippen LogP contribution in [0.5, 0.6) is 0 Å². The van der Waals surface area contributed by atoms with E-state index < -0.39 is 0 Å². The van der Waals surface area contributed by atoms with E-state index >= 15 is 0 Å². The zero-order valence-corrected chi connectivity index (χ0v) is 11.6. The van der Waals surface area contributed by atoms with Crippen LogP contribution in [0.3, 0.4) is 0 Å². The number of benzene rings is 1. The first-order chi connectivity index (χ1) is 10.2. The Kier molecular flexibility index (Phi) is 3.35. The van der Waals surface area contributed by atoms with E-state index in [-0.39, 0.29) is 11.5 Å². The number of anilines is 3. The van der Waals surface area contributed by atoms with Gasteiger partial charge in [-0.25, -0.2) is 0 Å². The minimum atomic E-state index is -0.159. The van der Waals surface area contributed by atoms with Gasteiger partial charge in [-0.1, -0.05) is 36.4 Å². The lowest BCUT2D eigenvalue weighted by atomic mass is 10.2. The molecule has 2 aromatic rings. The number of rotatable bonds is 4. The first-order valence-corrected chi connectivity index (χ1v) is 6.74. The lowest BCUT2D eigenvalue weighted by Gasteiger charge is -2.17. The molecule has 0 bridgehead atoms. The van der Waals surface area contributed by atoms with E-state index in [4.69, 9.17) is 5.73 Å². The van der Waals surface area contributed by atoms with Crippen LogP contribution < -0.4 is 21.5 Å². The Hall–Kier alpha value is -2.76. The summed E-state index contributed by atoms with van der Waals surface area (Å²) in [5, 5.41) is 3.11. The third-order valence-electron chi connectivity index (χ3n) is 3.45. The van der Waals surface area contributed by atoms with Gasteiger partial charge in [0.2, 0.25) is 5.95 Å². The molecule has 0 unspecified atom stereocenters. The van der Waals surface area contributed by atoms with Gasteiger partial charge in [-0.2, -0.15) is 4.98 Å². The molecule has 3 N–H and O–H groups in total. The number of fused-ring (bicyclic) bond motifs is 1. The molecule has 1 aromatic carbocycles.